The molecule has 4 rings (SSSR count). The average molecular weight is 365 g/mol. The van der Waals surface area contributed by atoms with Crippen molar-refractivity contribution in [1.82, 2.24) is 15.2 Å². The Bertz CT molecular complexity index is 850. The lowest BCUT2D eigenvalue weighted by Gasteiger charge is -2.23. The Kier molecular flexibility index (Phi) is 4.90. The predicted octanol–water partition coefficient (Wildman–Crippen LogP) is 2.36. The largest absolute Gasteiger partial charge is 0.462 e. The minimum Gasteiger partial charge on any atom is -0.462 e. The van der Waals surface area contributed by atoms with Crippen LogP contribution >= 0.6 is 0 Å². The highest BCUT2D eigenvalue weighted by Crippen LogP contribution is 2.29. The first kappa shape index (κ1) is 17.7. The van der Waals surface area contributed by atoms with Gasteiger partial charge in [-0.25, -0.2) is 4.79 Å². The Morgan fingerprint density at radius 2 is 2.04 bits per heavy atom. The monoisotopic (exact) mass is 365 g/mol. The molecule has 1 amide bonds. The van der Waals surface area contributed by atoms with Crippen LogP contribution in [0.25, 0.3) is 11.3 Å². The minimum absolute atomic E-state index is 0.0735. The van der Waals surface area contributed by atoms with E-state index in [1.807, 2.05) is 29.2 Å². The molecule has 2 atom stereocenters. The molecule has 2 fully saturated rings. The van der Waals surface area contributed by atoms with Crippen molar-refractivity contribution >= 4 is 11.9 Å². The molecule has 6 nitrogen and oxygen atoms in total. The molecule has 0 bridgehead atoms. The van der Waals surface area contributed by atoms with E-state index >= 15 is 0 Å². The van der Waals surface area contributed by atoms with E-state index in [1.54, 1.807) is 25.3 Å². The maximum absolute atomic E-state index is 12.9. The maximum Gasteiger partial charge on any atom is 0.340 e. The van der Waals surface area contributed by atoms with Gasteiger partial charge in [-0.2, -0.15) is 0 Å². The third-order valence-corrected chi connectivity index (χ3v) is 5.41. The molecular weight excluding hydrogens is 342 g/mol. The van der Waals surface area contributed by atoms with Gasteiger partial charge < -0.3 is 15.0 Å². The third-order valence-electron chi connectivity index (χ3n) is 5.41. The van der Waals surface area contributed by atoms with Gasteiger partial charge in [-0.1, -0.05) is 12.1 Å². The van der Waals surface area contributed by atoms with E-state index in [1.165, 1.54) is 0 Å². The molecule has 2 aromatic rings. The summed E-state index contributed by atoms with van der Waals surface area (Å²) in [5.41, 5.74) is 2.45. The number of aromatic nitrogens is 1. The molecule has 2 saturated heterocycles. The summed E-state index contributed by atoms with van der Waals surface area (Å²) < 4.78 is 5.11. The number of carbonyl (C=O) groups excluding carboxylic acids is 2. The quantitative estimate of drug-likeness (QED) is 0.842. The van der Waals surface area contributed by atoms with Crippen molar-refractivity contribution in [1.29, 1.82) is 0 Å². The number of nitrogens with one attached hydrogen (secondary N) is 1. The topological polar surface area (TPSA) is 71.5 Å². The lowest BCUT2D eigenvalue weighted by atomic mass is 10.0. The first-order chi connectivity index (χ1) is 13.2. The lowest BCUT2D eigenvalue weighted by Crippen LogP contribution is -2.39. The van der Waals surface area contributed by atoms with Gasteiger partial charge in [0, 0.05) is 43.0 Å². The molecule has 2 aliphatic heterocycles. The molecule has 6 heteroatoms. The Hall–Kier alpha value is -2.73. The summed E-state index contributed by atoms with van der Waals surface area (Å²) in [6.45, 7) is 4.80. The molecular formula is C21H23N3O3. The number of rotatable bonds is 4. The van der Waals surface area contributed by atoms with Crippen LogP contribution in [-0.2, 0) is 4.74 Å². The highest BCUT2D eigenvalue weighted by molar-refractivity contribution is 5.97. The van der Waals surface area contributed by atoms with E-state index in [0.717, 1.165) is 31.6 Å². The van der Waals surface area contributed by atoms with Crippen molar-refractivity contribution in [3.8, 4) is 11.3 Å². The first-order valence-corrected chi connectivity index (χ1v) is 9.43. The second-order valence-corrected chi connectivity index (χ2v) is 6.97. The smallest absolute Gasteiger partial charge is 0.340 e. The summed E-state index contributed by atoms with van der Waals surface area (Å²) in [5, 5.41) is 3.37. The summed E-state index contributed by atoms with van der Waals surface area (Å²) in [7, 11) is 0. The Morgan fingerprint density at radius 1 is 1.22 bits per heavy atom. The van der Waals surface area contributed by atoms with Gasteiger partial charge in [0.1, 0.15) is 0 Å². The van der Waals surface area contributed by atoms with Gasteiger partial charge >= 0.3 is 5.97 Å². The predicted molar refractivity (Wildman–Crippen MR) is 101 cm³/mol. The van der Waals surface area contributed by atoms with Crippen LogP contribution < -0.4 is 5.32 Å². The standard InChI is InChI=1S/C21H23N3O3/c1-2-27-21(26)17-4-3-10-23-19(17)14-5-7-15(8-6-14)20(25)24-11-9-16-12-22-13-18(16)24/h3-8,10,16,18,22H,2,9,11-13H2,1H3. The fraction of sp³-hybridized carbons (Fsp3) is 0.381. The van der Waals surface area contributed by atoms with E-state index in [0.29, 0.717) is 35.4 Å². The van der Waals surface area contributed by atoms with Gasteiger partial charge in [0.25, 0.3) is 5.91 Å². The van der Waals surface area contributed by atoms with E-state index in [4.69, 9.17) is 4.74 Å². The molecule has 0 spiro atoms. The maximum atomic E-state index is 12.9. The van der Waals surface area contributed by atoms with Gasteiger partial charge in [-0.15, -0.1) is 0 Å². The molecule has 1 aromatic carbocycles. The second-order valence-electron chi connectivity index (χ2n) is 6.97. The number of esters is 1. The molecule has 0 saturated carbocycles. The highest BCUT2D eigenvalue weighted by atomic mass is 16.5. The first-order valence-electron chi connectivity index (χ1n) is 9.43. The molecule has 27 heavy (non-hydrogen) atoms. The number of hydrogen-bond donors (Lipinski definition) is 1. The number of pyridine rings is 1. The molecule has 3 heterocycles. The van der Waals surface area contributed by atoms with E-state index in [9.17, 15) is 9.59 Å². The Labute approximate surface area is 158 Å². The second kappa shape index (κ2) is 7.48. The van der Waals surface area contributed by atoms with Crippen molar-refractivity contribution in [3.63, 3.8) is 0 Å². The number of nitrogens with zero attached hydrogens (tertiary/aromatic N) is 2. The third kappa shape index (κ3) is 3.32. The van der Waals surface area contributed by atoms with Crippen molar-refractivity contribution in [2.45, 2.75) is 19.4 Å². The van der Waals surface area contributed by atoms with Crippen LogP contribution in [0.2, 0.25) is 0 Å². The van der Waals surface area contributed by atoms with Crippen LogP contribution in [0.1, 0.15) is 34.1 Å². The van der Waals surface area contributed by atoms with E-state index in [-0.39, 0.29) is 5.91 Å². The molecule has 1 N–H and O–H groups in total. The zero-order valence-corrected chi connectivity index (χ0v) is 15.4. The van der Waals surface area contributed by atoms with Gasteiger partial charge in [-0.3, -0.25) is 9.78 Å². The summed E-state index contributed by atoms with van der Waals surface area (Å²) in [5.74, 6) is 0.260. The molecule has 140 valence electrons. The Morgan fingerprint density at radius 3 is 2.81 bits per heavy atom. The SMILES string of the molecule is CCOC(=O)c1cccnc1-c1ccc(C(=O)N2CCC3CNCC32)cc1. The number of ether oxygens (including phenoxy) is 1. The molecule has 0 radical (unpaired) electrons. The van der Waals surface area contributed by atoms with Crippen molar-refractivity contribution in [2.75, 3.05) is 26.2 Å². The average Bonchev–Trinajstić information content (AvgIpc) is 3.32. The normalized spacial score (nSPS) is 21.1. The zero-order chi connectivity index (χ0) is 18.8. The van der Waals surface area contributed by atoms with Crippen LogP contribution in [0, 0.1) is 5.92 Å². The van der Waals surface area contributed by atoms with Gasteiger partial charge in [0.15, 0.2) is 0 Å². The number of hydrogen-bond acceptors (Lipinski definition) is 5. The summed E-state index contributed by atoms with van der Waals surface area (Å²) in [4.78, 5) is 31.4. The van der Waals surface area contributed by atoms with Gasteiger partial charge in [0.05, 0.1) is 17.9 Å². The molecule has 2 unspecified atom stereocenters. The van der Waals surface area contributed by atoms with E-state index in [2.05, 4.69) is 10.3 Å². The van der Waals surface area contributed by atoms with Crippen LogP contribution in [0.5, 0.6) is 0 Å². The zero-order valence-electron chi connectivity index (χ0n) is 15.4. The Balaban J connectivity index is 1.56. The fourth-order valence-electron chi connectivity index (χ4n) is 4.05. The van der Waals surface area contributed by atoms with Crippen molar-refractivity contribution < 1.29 is 14.3 Å². The van der Waals surface area contributed by atoms with E-state index < -0.39 is 5.97 Å². The van der Waals surface area contributed by atoms with Crippen LogP contribution in [0.4, 0.5) is 0 Å². The van der Waals surface area contributed by atoms with Gasteiger partial charge in [-0.05, 0) is 43.5 Å². The fourth-order valence-corrected chi connectivity index (χ4v) is 4.05. The summed E-state index contributed by atoms with van der Waals surface area (Å²) in [6, 6.07) is 11.1. The number of benzene rings is 1. The van der Waals surface area contributed by atoms with Crippen LogP contribution in [0.15, 0.2) is 42.6 Å². The minimum atomic E-state index is -0.391. The van der Waals surface area contributed by atoms with Crippen LogP contribution in [-0.4, -0.2) is 54.0 Å². The molecule has 1 aromatic heterocycles. The summed E-state index contributed by atoms with van der Waals surface area (Å²) in [6.07, 6.45) is 2.72. The number of fused-ring (bicyclic) bond motifs is 1. The van der Waals surface area contributed by atoms with Crippen LogP contribution in [0.3, 0.4) is 0 Å². The summed E-state index contributed by atoms with van der Waals surface area (Å²) >= 11 is 0. The molecule has 0 aliphatic carbocycles. The number of likely N-dealkylation sites (tertiary alicyclic amines) is 1. The number of amides is 1. The van der Waals surface area contributed by atoms with Crippen molar-refractivity contribution in [3.05, 3.63) is 53.7 Å². The van der Waals surface area contributed by atoms with Crippen molar-refractivity contribution in [2.24, 2.45) is 5.92 Å². The molecule has 2 aliphatic rings. The number of carbonyl (C=O) groups is 2. The van der Waals surface area contributed by atoms with Gasteiger partial charge in [0.2, 0.25) is 0 Å². The highest BCUT2D eigenvalue weighted by Gasteiger charge is 2.40. The lowest BCUT2D eigenvalue weighted by molar-refractivity contribution is 0.0526.